The van der Waals surface area contributed by atoms with Gasteiger partial charge in [-0.1, -0.05) is 12.2 Å². The van der Waals surface area contributed by atoms with Crippen LogP contribution >= 0.6 is 0 Å². The Morgan fingerprint density at radius 1 is 1.33 bits per heavy atom. The van der Waals surface area contributed by atoms with Crippen molar-refractivity contribution in [3.05, 3.63) is 35.7 Å². The normalized spacial score (nSPS) is 14.0. The third-order valence-corrected chi connectivity index (χ3v) is 2.23. The molecule has 0 saturated carbocycles. The molecule has 0 unspecified atom stereocenters. The SMILES string of the molecule is C1=Cc2cc3ocnc3cc2C1. The summed E-state index contributed by atoms with van der Waals surface area (Å²) in [5.74, 6) is 0. The molecule has 1 aliphatic rings. The van der Waals surface area contributed by atoms with E-state index in [-0.39, 0.29) is 0 Å². The van der Waals surface area contributed by atoms with Crippen molar-refractivity contribution in [3.63, 3.8) is 0 Å². The lowest BCUT2D eigenvalue weighted by Crippen LogP contribution is -1.80. The zero-order valence-corrected chi connectivity index (χ0v) is 6.45. The van der Waals surface area contributed by atoms with Crippen molar-refractivity contribution in [1.82, 2.24) is 4.98 Å². The molecule has 0 aliphatic heterocycles. The van der Waals surface area contributed by atoms with Gasteiger partial charge in [0.15, 0.2) is 12.0 Å². The fourth-order valence-electron chi connectivity index (χ4n) is 1.61. The number of nitrogens with zero attached hydrogens (tertiary/aromatic N) is 1. The zero-order chi connectivity index (χ0) is 7.97. The van der Waals surface area contributed by atoms with Gasteiger partial charge in [0.1, 0.15) is 5.52 Å². The van der Waals surface area contributed by atoms with E-state index in [1.165, 1.54) is 17.5 Å². The molecule has 1 aromatic heterocycles. The second kappa shape index (κ2) is 1.97. The average Bonchev–Trinajstić information content (AvgIpc) is 2.64. The molecule has 1 heterocycles. The van der Waals surface area contributed by atoms with Crippen LogP contribution in [0, 0.1) is 0 Å². The summed E-state index contributed by atoms with van der Waals surface area (Å²) < 4.78 is 5.20. The maximum Gasteiger partial charge on any atom is 0.181 e. The van der Waals surface area contributed by atoms with Crippen molar-refractivity contribution in [3.8, 4) is 0 Å². The Morgan fingerprint density at radius 3 is 3.33 bits per heavy atom. The minimum atomic E-state index is 0.875. The van der Waals surface area contributed by atoms with E-state index < -0.39 is 0 Å². The van der Waals surface area contributed by atoms with Crippen molar-refractivity contribution in [2.45, 2.75) is 6.42 Å². The summed E-state index contributed by atoms with van der Waals surface area (Å²) in [7, 11) is 0. The quantitative estimate of drug-likeness (QED) is 0.586. The minimum absolute atomic E-state index is 0.875. The molecule has 0 saturated heterocycles. The Hall–Kier alpha value is -1.57. The number of allylic oxidation sites excluding steroid dienone is 1. The number of oxazole rings is 1. The topological polar surface area (TPSA) is 26.0 Å². The molecular formula is C10H7NO. The van der Waals surface area contributed by atoms with Gasteiger partial charge >= 0.3 is 0 Å². The number of hydrogen-bond donors (Lipinski definition) is 0. The second-order valence-electron chi connectivity index (χ2n) is 2.98. The van der Waals surface area contributed by atoms with Gasteiger partial charge in [0.25, 0.3) is 0 Å². The zero-order valence-electron chi connectivity index (χ0n) is 6.45. The third-order valence-electron chi connectivity index (χ3n) is 2.23. The lowest BCUT2D eigenvalue weighted by Gasteiger charge is -1.95. The number of rotatable bonds is 0. The van der Waals surface area contributed by atoms with Crippen LogP contribution in [0.4, 0.5) is 0 Å². The minimum Gasteiger partial charge on any atom is -0.443 e. The maximum absolute atomic E-state index is 5.20. The highest BCUT2D eigenvalue weighted by Gasteiger charge is 2.08. The molecule has 2 aromatic rings. The predicted octanol–water partition coefficient (Wildman–Crippen LogP) is 2.40. The molecule has 0 N–H and O–H groups in total. The molecule has 1 aliphatic carbocycles. The summed E-state index contributed by atoms with van der Waals surface area (Å²) in [6.07, 6.45) is 6.79. The first-order valence-electron chi connectivity index (χ1n) is 3.96. The van der Waals surface area contributed by atoms with Crippen molar-refractivity contribution >= 4 is 17.2 Å². The van der Waals surface area contributed by atoms with Crippen LogP contribution in [0.3, 0.4) is 0 Å². The molecule has 0 radical (unpaired) electrons. The second-order valence-corrected chi connectivity index (χ2v) is 2.98. The summed E-state index contributed by atoms with van der Waals surface area (Å²) in [6, 6.07) is 4.13. The molecule has 0 bridgehead atoms. The first-order valence-corrected chi connectivity index (χ1v) is 3.96. The summed E-state index contributed by atoms with van der Waals surface area (Å²) in [5, 5.41) is 0. The fraction of sp³-hybridized carbons (Fsp3) is 0.100. The van der Waals surface area contributed by atoms with E-state index in [1.54, 1.807) is 0 Å². The van der Waals surface area contributed by atoms with Gasteiger partial charge in [-0.3, -0.25) is 0 Å². The van der Waals surface area contributed by atoms with Crippen molar-refractivity contribution in [1.29, 1.82) is 0 Å². The highest BCUT2D eigenvalue weighted by atomic mass is 16.3. The van der Waals surface area contributed by atoms with Gasteiger partial charge in [-0.25, -0.2) is 4.98 Å². The standard InChI is InChI=1S/C10H7NO/c1-2-7-4-9-10(12-6-11-9)5-8(7)3-1/h1,3-6H,2H2. The lowest BCUT2D eigenvalue weighted by atomic mass is 10.1. The van der Waals surface area contributed by atoms with Gasteiger partial charge < -0.3 is 4.42 Å². The average molecular weight is 157 g/mol. The van der Waals surface area contributed by atoms with E-state index in [4.69, 9.17) is 4.42 Å². The monoisotopic (exact) mass is 157 g/mol. The van der Waals surface area contributed by atoms with Crippen LogP contribution in [0.2, 0.25) is 0 Å². The number of benzene rings is 1. The first kappa shape index (κ1) is 6.00. The number of hydrogen-bond acceptors (Lipinski definition) is 2. The summed E-state index contributed by atoms with van der Waals surface area (Å²) >= 11 is 0. The van der Waals surface area contributed by atoms with Crippen LogP contribution in [0.25, 0.3) is 17.2 Å². The summed E-state index contributed by atoms with van der Waals surface area (Å²) in [4.78, 5) is 4.10. The smallest absolute Gasteiger partial charge is 0.181 e. The van der Waals surface area contributed by atoms with E-state index in [0.717, 1.165) is 17.5 Å². The van der Waals surface area contributed by atoms with Crippen molar-refractivity contribution < 1.29 is 4.42 Å². The van der Waals surface area contributed by atoms with Crippen molar-refractivity contribution in [2.24, 2.45) is 0 Å². The molecule has 1 aromatic carbocycles. The van der Waals surface area contributed by atoms with Crippen LogP contribution in [0.5, 0.6) is 0 Å². The predicted molar refractivity (Wildman–Crippen MR) is 46.7 cm³/mol. The van der Waals surface area contributed by atoms with Crippen LogP contribution in [-0.4, -0.2) is 4.98 Å². The van der Waals surface area contributed by atoms with Crippen LogP contribution < -0.4 is 0 Å². The summed E-state index contributed by atoms with van der Waals surface area (Å²) in [5.41, 5.74) is 4.44. The third kappa shape index (κ3) is 0.666. The van der Waals surface area contributed by atoms with Gasteiger partial charge in [0, 0.05) is 0 Å². The molecule has 3 rings (SSSR count). The van der Waals surface area contributed by atoms with E-state index in [1.807, 2.05) is 6.07 Å². The Morgan fingerprint density at radius 2 is 2.33 bits per heavy atom. The number of aromatic nitrogens is 1. The molecule has 0 spiro atoms. The molecule has 2 nitrogen and oxygen atoms in total. The van der Waals surface area contributed by atoms with Gasteiger partial charge in [-0.2, -0.15) is 0 Å². The van der Waals surface area contributed by atoms with Gasteiger partial charge in [0.05, 0.1) is 0 Å². The van der Waals surface area contributed by atoms with E-state index in [2.05, 4.69) is 23.2 Å². The van der Waals surface area contributed by atoms with E-state index >= 15 is 0 Å². The van der Waals surface area contributed by atoms with E-state index in [9.17, 15) is 0 Å². The number of fused-ring (bicyclic) bond motifs is 2. The van der Waals surface area contributed by atoms with E-state index in [0.29, 0.717) is 0 Å². The molecule has 0 amide bonds. The Labute approximate surface area is 69.5 Å². The van der Waals surface area contributed by atoms with Crippen LogP contribution in [0.15, 0.2) is 29.0 Å². The Kier molecular flexibility index (Phi) is 0.987. The van der Waals surface area contributed by atoms with Crippen LogP contribution in [0.1, 0.15) is 11.1 Å². The molecule has 0 atom stereocenters. The summed E-state index contributed by atoms with van der Waals surface area (Å²) in [6.45, 7) is 0. The van der Waals surface area contributed by atoms with Crippen LogP contribution in [-0.2, 0) is 6.42 Å². The first-order chi connectivity index (χ1) is 5.93. The molecule has 12 heavy (non-hydrogen) atoms. The molecule has 58 valence electrons. The largest absolute Gasteiger partial charge is 0.443 e. The van der Waals surface area contributed by atoms with Gasteiger partial charge in [-0.15, -0.1) is 0 Å². The van der Waals surface area contributed by atoms with Crippen molar-refractivity contribution in [2.75, 3.05) is 0 Å². The fourth-order valence-corrected chi connectivity index (χ4v) is 1.61. The molecular weight excluding hydrogens is 150 g/mol. The van der Waals surface area contributed by atoms with Gasteiger partial charge in [0.2, 0.25) is 0 Å². The highest BCUT2D eigenvalue weighted by Crippen LogP contribution is 2.24. The molecule has 0 fully saturated rings. The Balaban J connectivity index is 2.43. The lowest BCUT2D eigenvalue weighted by molar-refractivity contribution is 0.602. The van der Waals surface area contributed by atoms with Gasteiger partial charge in [-0.05, 0) is 29.7 Å². The maximum atomic E-state index is 5.20. The molecule has 2 heteroatoms. The Bertz CT molecular complexity index is 468. The highest BCUT2D eigenvalue weighted by molar-refractivity contribution is 5.79.